The number of nitrogens with one attached hydrogen (secondary N) is 2. The van der Waals surface area contributed by atoms with Gasteiger partial charge in [0, 0.05) is 21.8 Å². The van der Waals surface area contributed by atoms with E-state index in [1.807, 2.05) is 56.3 Å². The number of para-hydroxylation sites is 2. The molecule has 2 aromatic carbocycles. The summed E-state index contributed by atoms with van der Waals surface area (Å²) in [5.41, 5.74) is 3.41. The molecule has 0 bridgehead atoms. The summed E-state index contributed by atoms with van der Waals surface area (Å²) in [6.45, 7) is 6.52. The maximum Gasteiger partial charge on any atom is 0.323 e. The van der Waals surface area contributed by atoms with E-state index in [2.05, 4.69) is 32.6 Å². The number of fused-ring (bicyclic) bond motifs is 1. The van der Waals surface area contributed by atoms with Crippen molar-refractivity contribution in [1.82, 2.24) is 19.6 Å². The lowest BCUT2D eigenvalue weighted by molar-refractivity contribution is 0.262. The number of hydrogen-bond donors (Lipinski definition) is 2. The Bertz CT molecular complexity index is 1240. The third-order valence-electron chi connectivity index (χ3n) is 4.80. The van der Waals surface area contributed by atoms with Crippen LogP contribution in [0.25, 0.3) is 5.78 Å². The fraction of sp³-hybridized carbons (Fsp3) is 0.217. The third-order valence-corrected chi connectivity index (χ3v) is 5.92. The molecule has 0 saturated heterocycles. The summed E-state index contributed by atoms with van der Waals surface area (Å²) >= 11 is 1.60. The van der Waals surface area contributed by atoms with E-state index in [0.717, 1.165) is 27.6 Å². The minimum Gasteiger partial charge on any atom is -0.492 e. The number of urea groups is 1. The van der Waals surface area contributed by atoms with Crippen molar-refractivity contribution in [3.8, 4) is 5.75 Å². The Labute approximate surface area is 190 Å². The van der Waals surface area contributed by atoms with E-state index < -0.39 is 0 Å². The van der Waals surface area contributed by atoms with Crippen LogP contribution in [0.4, 0.5) is 16.2 Å². The van der Waals surface area contributed by atoms with Crippen molar-refractivity contribution in [1.29, 1.82) is 0 Å². The first-order chi connectivity index (χ1) is 15.6. The van der Waals surface area contributed by atoms with Crippen molar-refractivity contribution in [3.63, 3.8) is 0 Å². The van der Waals surface area contributed by atoms with Gasteiger partial charge in [0.2, 0.25) is 0 Å². The zero-order chi connectivity index (χ0) is 22.5. The highest BCUT2D eigenvalue weighted by atomic mass is 32.2. The van der Waals surface area contributed by atoms with Crippen molar-refractivity contribution in [2.45, 2.75) is 37.1 Å². The molecule has 4 aromatic rings. The second kappa shape index (κ2) is 9.69. The summed E-state index contributed by atoms with van der Waals surface area (Å²) in [6.07, 6.45) is 2.36. The lowest BCUT2D eigenvalue weighted by Crippen LogP contribution is -2.19. The number of carbonyl (C=O) groups excluding carboxylic acids is 1. The highest BCUT2D eigenvalue weighted by Crippen LogP contribution is 2.32. The van der Waals surface area contributed by atoms with Crippen molar-refractivity contribution in [2.75, 3.05) is 17.2 Å². The molecule has 0 fully saturated rings. The highest BCUT2D eigenvalue weighted by Gasteiger charge is 2.15. The van der Waals surface area contributed by atoms with Gasteiger partial charge in [-0.2, -0.15) is 14.6 Å². The standard InChI is InChI=1S/C23H24N6O2S/c1-4-18-15(3)26-22-24-14-25-29(22)21(18)32-17-12-10-16(11-13-17)27-23(30)28-19-8-6-7-9-20(19)31-5-2/h6-14H,4-5H2,1-3H3,(H2,27,28,30). The lowest BCUT2D eigenvalue weighted by Gasteiger charge is -2.13. The number of amides is 2. The maximum absolute atomic E-state index is 12.4. The Hall–Kier alpha value is -3.59. The van der Waals surface area contributed by atoms with Crippen LogP contribution in [0.15, 0.2) is 64.8 Å². The molecule has 2 heterocycles. The Morgan fingerprint density at radius 1 is 1.09 bits per heavy atom. The van der Waals surface area contributed by atoms with E-state index in [1.165, 1.54) is 6.33 Å². The lowest BCUT2D eigenvalue weighted by atomic mass is 10.2. The second-order valence-corrected chi connectivity index (χ2v) is 8.00. The van der Waals surface area contributed by atoms with Gasteiger partial charge < -0.3 is 15.4 Å². The van der Waals surface area contributed by atoms with Gasteiger partial charge >= 0.3 is 6.03 Å². The van der Waals surface area contributed by atoms with Crippen LogP contribution in [0.5, 0.6) is 5.75 Å². The number of carbonyl (C=O) groups is 1. The van der Waals surface area contributed by atoms with E-state index >= 15 is 0 Å². The molecule has 0 aliphatic carbocycles. The zero-order valence-corrected chi connectivity index (χ0v) is 18.9. The van der Waals surface area contributed by atoms with Crippen molar-refractivity contribution < 1.29 is 9.53 Å². The van der Waals surface area contributed by atoms with Crippen molar-refractivity contribution in [3.05, 3.63) is 66.1 Å². The average Bonchev–Trinajstić information content (AvgIpc) is 3.25. The fourth-order valence-electron chi connectivity index (χ4n) is 3.32. The predicted molar refractivity (Wildman–Crippen MR) is 126 cm³/mol. The van der Waals surface area contributed by atoms with Crippen LogP contribution < -0.4 is 15.4 Å². The Morgan fingerprint density at radius 2 is 1.88 bits per heavy atom. The molecule has 0 unspecified atom stereocenters. The number of rotatable bonds is 7. The molecule has 0 saturated carbocycles. The van der Waals surface area contributed by atoms with E-state index in [-0.39, 0.29) is 6.03 Å². The first-order valence-corrected chi connectivity index (χ1v) is 11.2. The van der Waals surface area contributed by atoms with Crippen LogP contribution in [0.1, 0.15) is 25.1 Å². The number of nitrogens with zero attached hydrogens (tertiary/aromatic N) is 4. The van der Waals surface area contributed by atoms with Crippen LogP contribution in [0.3, 0.4) is 0 Å². The molecular weight excluding hydrogens is 424 g/mol. The fourth-order valence-corrected chi connectivity index (χ4v) is 4.45. The van der Waals surface area contributed by atoms with Gasteiger partial charge in [-0.1, -0.05) is 30.8 Å². The topological polar surface area (TPSA) is 93.4 Å². The van der Waals surface area contributed by atoms with Crippen LogP contribution in [0.2, 0.25) is 0 Å². The molecule has 2 aromatic heterocycles. The largest absolute Gasteiger partial charge is 0.492 e. The summed E-state index contributed by atoms with van der Waals surface area (Å²) < 4.78 is 7.32. The van der Waals surface area contributed by atoms with E-state index in [1.54, 1.807) is 22.3 Å². The van der Waals surface area contributed by atoms with Gasteiger partial charge in [-0.25, -0.2) is 9.78 Å². The van der Waals surface area contributed by atoms with Gasteiger partial charge in [0.1, 0.15) is 17.1 Å². The number of aromatic nitrogens is 4. The third kappa shape index (κ3) is 4.67. The molecule has 0 aliphatic rings. The van der Waals surface area contributed by atoms with Crippen molar-refractivity contribution >= 4 is 34.9 Å². The summed E-state index contributed by atoms with van der Waals surface area (Å²) in [5, 5.41) is 11.0. The molecule has 0 aliphatic heterocycles. The number of benzene rings is 2. The molecule has 9 heteroatoms. The number of hydrogen-bond acceptors (Lipinski definition) is 6. The number of ether oxygens (including phenoxy) is 1. The van der Waals surface area contributed by atoms with Crippen LogP contribution >= 0.6 is 11.8 Å². The highest BCUT2D eigenvalue weighted by molar-refractivity contribution is 7.99. The summed E-state index contributed by atoms with van der Waals surface area (Å²) in [7, 11) is 0. The van der Waals surface area contributed by atoms with Crippen LogP contribution in [-0.2, 0) is 6.42 Å². The molecule has 2 N–H and O–H groups in total. The zero-order valence-electron chi connectivity index (χ0n) is 18.1. The van der Waals surface area contributed by atoms with Gasteiger partial charge in [-0.3, -0.25) is 0 Å². The normalized spacial score (nSPS) is 10.8. The molecule has 164 valence electrons. The van der Waals surface area contributed by atoms with Gasteiger partial charge in [-0.05, 0) is 56.7 Å². The second-order valence-electron chi connectivity index (χ2n) is 6.94. The molecule has 0 spiro atoms. The minimum atomic E-state index is -0.333. The van der Waals surface area contributed by atoms with Crippen LogP contribution in [0, 0.1) is 6.92 Å². The summed E-state index contributed by atoms with van der Waals surface area (Å²) in [5.74, 6) is 1.22. The molecular formula is C23H24N6O2S. The van der Waals surface area contributed by atoms with Crippen molar-refractivity contribution in [2.24, 2.45) is 0 Å². The van der Waals surface area contributed by atoms with E-state index in [4.69, 9.17) is 4.74 Å². The molecule has 0 radical (unpaired) electrons. The molecule has 32 heavy (non-hydrogen) atoms. The Kier molecular flexibility index (Phi) is 6.55. The number of anilines is 2. The van der Waals surface area contributed by atoms with Gasteiger partial charge in [0.25, 0.3) is 5.78 Å². The maximum atomic E-state index is 12.4. The monoisotopic (exact) mass is 448 g/mol. The molecule has 0 atom stereocenters. The minimum absolute atomic E-state index is 0.333. The van der Waals surface area contributed by atoms with Gasteiger partial charge in [0.15, 0.2) is 0 Å². The Morgan fingerprint density at radius 3 is 2.62 bits per heavy atom. The smallest absolute Gasteiger partial charge is 0.323 e. The van der Waals surface area contributed by atoms with E-state index in [0.29, 0.717) is 29.5 Å². The quantitative estimate of drug-likeness (QED) is 0.378. The summed E-state index contributed by atoms with van der Waals surface area (Å²) in [4.78, 5) is 22.2. The Balaban J connectivity index is 1.47. The molecule has 2 amide bonds. The van der Waals surface area contributed by atoms with E-state index in [9.17, 15) is 4.79 Å². The molecule has 8 nitrogen and oxygen atoms in total. The first-order valence-electron chi connectivity index (χ1n) is 10.4. The molecule has 4 rings (SSSR count). The van der Waals surface area contributed by atoms with Gasteiger partial charge in [-0.15, -0.1) is 0 Å². The summed E-state index contributed by atoms with van der Waals surface area (Å²) in [6, 6.07) is 14.7. The van der Waals surface area contributed by atoms with Gasteiger partial charge in [0.05, 0.1) is 12.3 Å². The predicted octanol–water partition coefficient (Wildman–Crippen LogP) is 5.19. The SMILES string of the molecule is CCOc1ccccc1NC(=O)Nc1ccc(Sc2c(CC)c(C)nc3ncnn23)cc1. The first kappa shape index (κ1) is 21.6. The number of aryl methyl sites for hydroxylation is 1. The average molecular weight is 449 g/mol. The van der Waals surface area contributed by atoms with Crippen LogP contribution in [-0.4, -0.2) is 32.2 Å².